The molecule has 7 aromatic rings. The molecule has 0 N–H and O–H groups in total. The summed E-state index contributed by atoms with van der Waals surface area (Å²) < 4.78 is 143. The third-order valence-electron chi connectivity index (χ3n) is 13.2. The Bertz CT molecular complexity index is 3380. The third-order valence-corrected chi connectivity index (χ3v) is 16.7. The third kappa shape index (κ3) is 28.0. The summed E-state index contributed by atoms with van der Waals surface area (Å²) in [6.07, 6.45) is -8.52. The molecule has 0 atom stereocenters. The van der Waals surface area contributed by atoms with Crippen molar-refractivity contribution < 1.29 is 48.3 Å². The Kier molecular flexibility index (Phi) is 32.8. The van der Waals surface area contributed by atoms with Crippen LogP contribution in [-0.4, -0.2) is 0 Å². The van der Waals surface area contributed by atoms with Gasteiger partial charge in [-0.2, -0.15) is 26.3 Å². The van der Waals surface area contributed by atoms with Crippen LogP contribution >= 0.6 is 117 Å². The second kappa shape index (κ2) is 34.6. The molecule has 0 unspecified atom stereocenters. The van der Waals surface area contributed by atoms with Gasteiger partial charge in [0, 0.05) is 49.1 Å². The van der Waals surface area contributed by atoms with Crippen molar-refractivity contribution in [2.45, 2.75) is 203 Å². The molecule has 0 heterocycles. The lowest BCUT2D eigenvalue weighted by Gasteiger charge is -2.23. The summed E-state index contributed by atoms with van der Waals surface area (Å²) in [5.74, 6) is -9.46. The zero-order chi connectivity index (χ0) is 73.1. The predicted octanol–water partition coefficient (Wildman–Crippen LogP) is 30.1. The van der Waals surface area contributed by atoms with Crippen LogP contribution in [-0.2, 0) is 50.3 Å². The van der Waals surface area contributed by atoms with Crippen molar-refractivity contribution in [2.75, 3.05) is 0 Å². The van der Waals surface area contributed by atoms with Gasteiger partial charge in [0.25, 0.3) is 0 Å². The first-order valence-electron chi connectivity index (χ1n) is 29.0. The van der Waals surface area contributed by atoms with Crippen molar-refractivity contribution in [1.29, 1.82) is 0 Å². The van der Waals surface area contributed by atoms with Gasteiger partial charge >= 0.3 is 12.4 Å². The maximum atomic E-state index is 13.2. The zero-order valence-electron chi connectivity index (χ0n) is 56.5. The molecular formula is C73H84Br3Cl6F11. The first-order valence-corrected chi connectivity index (χ1v) is 33.6. The molecule has 0 aliphatic carbocycles. The average Bonchev–Trinajstić information content (AvgIpc) is 0.792. The van der Waals surface area contributed by atoms with E-state index in [1.54, 1.807) is 52.0 Å². The first kappa shape index (κ1) is 88.0. The van der Waals surface area contributed by atoms with Crippen LogP contribution in [0.3, 0.4) is 0 Å². The number of aryl methyl sites for hydroxylation is 1. The SMILES string of the molecule is CC(C)(C)c1c(Br)cc(Br)cc1Br.CC(C)(C)c1c(Cl)cc(Cl)cc1Cl.CC(C)(C)c1c(Cl)cccc1Cl.CC(C)(C)c1c(F)c(F)c(F)c(F)c1F.CC(C)(C)c1ccccc1C(F)(F)F.CC(C)(C)c1ccccc1Cl.Cc1cc(C(C)(C)C)cc(C(F)(F)F)c1. The molecule has 516 valence electrons. The molecule has 0 aromatic heterocycles. The molecular weight excluding hydrogens is 1540 g/mol. The molecule has 0 radical (unpaired) electrons. The Morgan fingerprint density at radius 1 is 0.290 bits per heavy atom. The number of benzene rings is 7. The van der Waals surface area contributed by atoms with Crippen LogP contribution in [0.15, 0.2) is 123 Å². The Morgan fingerprint density at radius 2 is 0.613 bits per heavy atom. The summed E-state index contributed by atoms with van der Waals surface area (Å²) in [5, 5.41) is 4.18. The predicted molar refractivity (Wildman–Crippen MR) is 384 cm³/mol. The standard InChI is InChI=1S/C12H15F3.C11H13F3.C10H11Br3.C10H11Cl3.C10H12Cl2.C10H13Cl.C10H9F5/c1-8-5-9(11(2,3)4)7-10(6-8)12(13,14)15;1-10(2,3)8-6-4-5-7-9(8)11(12,13)14;2*1-10(2,3)9-7(12)4-6(11)5-8(9)13;1-10(2,3)9-7(11)5-4-6-8(9)12;1-10(2,3)8-6-4-5-7-9(8)11;1-10(2,3)4-5(11)7(13)9(15)8(14)6(4)12/h5-7H,1-4H3;4-7H,1-3H3;2*4-5H,1-3H3;4-6H,1-3H3;4-7H,1-3H3;1-3H3. The molecule has 0 spiro atoms. The fourth-order valence-electron chi connectivity index (χ4n) is 8.83. The van der Waals surface area contributed by atoms with Crippen molar-refractivity contribution in [1.82, 2.24) is 0 Å². The van der Waals surface area contributed by atoms with Crippen molar-refractivity contribution in [2.24, 2.45) is 0 Å². The van der Waals surface area contributed by atoms with Crippen molar-refractivity contribution in [3.63, 3.8) is 0 Å². The minimum Gasteiger partial charge on any atom is -0.203 e. The highest BCUT2D eigenvalue weighted by Gasteiger charge is 2.37. The molecule has 0 fully saturated rings. The molecule has 20 heteroatoms. The molecule has 93 heavy (non-hydrogen) atoms. The lowest BCUT2D eigenvalue weighted by Crippen LogP contribution is -2.20. The maximum absolute atomic E-state index is 13.2. The van der Waals surface area contributed by atoms with Gasteiger partial charge in [0.2, 0.25) is 5.82 Å². The van der Waals surface area contributed by atoms with Crippen LogP contribution in [0.25, 0.3) is 0 Å². The summed E-state index contributed by atoms with van der Waals surface area (Å²) in [4.78, 5) is 0. The van der Waals surface area contributed by atoms with Gasteiger partial charge in [-0.05, 0) is 139 Å². The van der Waals surface area contributed by atoms with E-state index < -0.39 is 69.0 Å². The fraction of sp³-hybridized carbons (Fsp3) is 0.425. The lowest BCUT2D eigenvalue weighted by molar-refractivity contribution is -0.139. The molecule has 7 aromatic carbocycles. The van der Waals surface area contributed by atoms with Crippen LogP contribution < -0.4 is 0 Å². The van der Waals surface area contributed by atoms with E-state index in [2.05, 4.69) is 149 Å². The van der Waals surface area contributed by atoms with Gasteiger partial charge in [0.05, 0.1) is 11.1 Å². The molecule has 0 saturated heterocycles. The molecule has 7 rings (SSSR count). The summed E-state index contributed by atoms with van der Waals surface area (Å²) >= 11 is 46.6. The van der Waals surface area contributed by atoms with Crippen LogP contribution in [0.5, 0.6) is 0 Å². The number of hydrogen-bond acceptors (Lipinski definition) is 0. The topological polar surface area (TPSA) is 0 Å². The van der Waals surface area contributed by atoms with E-state index >= 15 is 0 Å². The Hall–Kier alpha value is -3.05. The normalized spacial score (nSPS) is 12.2. The quantitative estimate of drug-likeness (QED) is 0.0807. The van der Waals surface area contributed by atoms with Gasteiger partial charge in [-0.1, -0.05) is 317 Å². The van der Waals surface area contributed by atoms with E-state index in [-0.39, 0.29) is 27.1 Å². The molecule has 0 aliphatic heterocycles. The highest BCUT2D eigenvalue weighted by atomic mass is 79.9. The summed E-state index contributed by atoms with van der Waals surface area (Å²) in [5.41, 5.74) is 2.66. The minimum atomic E-state index is -4.26. The maximum Gasteiger partial charge on any atom is 0.416 e. The summed E-state index contributed by atoms with van der Waals surface area (Å²) in [6, 6.07) is 31.1. The van der Waals surface area contributed by atoms with E-state index in [9.17, 15) is 48.3 Å². The van der Waals surface area contributed by atoms with Crippen LogP contribution in [0.4, 0.5) is 48.3 Å². The fourth-order valence-corrected chi connectivity index (χ4v) is 15.0. The Morgan fingerprint density at radius 3 is 0.914 bits per heavy atom. The van der Waals surface area contributed by atoms with Crippen LogP contribution in [0.2, 0.25) is 30.1 Å². The van der Waals surface area contributed by atoms with Crippen molar-refractivity contribution >= 4 is 117 Å². The number of rotatable bonds is 0. The molecule has 0 nitrogen and oxygen atoms in total. The average molecular weight is 1620 g/mol. The van der Waals surface area contributed by atoms with E-state index in [0.717, 1.165) is 51.2 Å². The Balaban J connectivity index is 0.000000544. The van der Waals surface area contributed by atoms with E-state index in [0.29, 0.717) is 26.2 Å². The van der Waals surface area contributed by atoms with Gasteiger partial charge in [-0.25, -0.2) is 22.0 Å². The number of alkyl halides is 6. The molecule has 0 aliphatic rings. The van der Waals surface area contributed by atoms with Gasteiger partial charge in [0.15, 0.2) is 23.3 Å². The van der Waals surface area contributed by atoms with Crippen LogP contribution in [0, 0.1) is 36.0 Å². The second-order valence-corrected chi connectivity index (χ2v) is 34.0. The highest BCUT2D eigenvalue weighted by Crippen LogP contribution is 2.42. The number of hydrogen-bond donors (Lipinski definition) is 0. The van der Waals surface area contributed by atoms with Crippen molar-refractivity contribution in [3.8, 4) is 0 Å². The van der Waals surface area contributed by atoms with E-state index in [1.165, 1.54) is 56.2 Å². The van der Waals surface area contributed by atoms with Crippen LogP contribution in [0.1, 0.15) is 201 Å². The van der Waals surface area contributed by atoms with E-state index in [4.69, 9.17) is 69.6 Å². The van der Waals surface area contributed by atoms with Crippen molar-refractivity contribution in [3.05, 3.63) is 237 Å². The minimum absolute atomic E-state index is 0.00935. The smallest absolute Gasteiger partial charge is 0.203 e. The molecule has 0 saturated carbocycles. The lowest BCUT2D eigenvalue weighted by atomic mass is 9.83. The monoisotopic (exact) mass is 1620 g/mol. The number of halogens is 20. The van der Waals surface area contributed by atoms with E-state index in [1.807, 2.05) is 57.2 Å². The molecule has 0 bridgehead atoms. The van der Waals surface area contributed by atoms with Gasteiger partial charge in [0.1, 0.15) is 0 Å². The van der Waals surface area contributed by atoms with Gasteiger partial charge in [-0.3, -0.25) is 0 Å². The zero-order valence-corrected chi connectivity index (χ0v) is 65.7. The summed E-state index contributed by atoms with van der Waals surface area (Å²) in [6.45, 7) is 42.4. The van der Waals surface area contributed by atoms with Gasteiger partial charge < -0.3 is 0 Å². The second-order valence-electron chi connectivity index (χ2n) is 28.9. The Labute approximate surface area is 600 Å². The largest absolute Gasteiger partial charge is 0.416 e. The summed E-state index contributed by atoms with van der Waals surface area (Å²) in [7, 11) is 0. The first-order chi connectivity index (χ1) is 41.6. The highest BCUT2D eigenvalue weighted by molar-refractivity contribution is 9.11. The van der Waals surface area contributed by atoms with Gasteiger partial charge in [-0.15, -0.1) is 0 Å². The molecule has 0 amide bonds.